The highest BCUT2D eigenvalue weighted by molar-refractivity contribution is 5.64. The maximum Gasteiger partial charge on any atom is 0.165 e. The Hall–Kier alpha value is -2.34. The minimum Gasteiger partial charge on any atom is -0.394 e. The normalized spacial score (nSPS) is 28.8. The Morgan fingerprint density at radius 3 is 2.72 bits per heavy atom. The number of hydroxylamine groups is 2. The summed E-state index contributed by atoms with van der Waals surface area (Å²) in [7, 11) is 0. The van der Waals surface area contributed by atoms with Gasteiger partial charge in [0.05, 0.1) is 12.9 Å². The maximum atomic E-state index is 10.3. The molecule has 0 bridgehead atoms. The van der Waals surface area contributed by atoms with Crippen LogP contribution < -0.4 is 5.73 Å². The first kappa shape index (κ1) is 20.0. The number of hydrogen-bond donors (Lipinski definition) is 4. The van der Waals surface area contributed by atoms with Crippen LogP contribution in [0.4, 0.5) is 5.82 Å². The van der Waals surface area contributed by atoms with Crippen LogP contribution in [0.3, 0.4) is 0 Å². The van der Waals surface area contributed by atoms with Gasteiger partial charge in [-0.15, -0.1) is 0 Å². The van der Waals surface area contributed by atoms with Gasteiger partial charge in [0.2, 0.25) is 0 Å². The molecule has 10 nitrogen and oxygen atoms in total. The van der Waals surface area contributed by atoms with E-state index in [4.69, 9.17) is 15.3 Å². The zero-order valence-corrected chi connectivity index (χ0v) is 16.2. The average Bonchev–Trinajstić information content (AvgIpc) is 3.24. The number of imidazole rings is 1. The largest absolute Gasteiger partial charge is 0.394 e. The lowest BCUT2D eigenvalue weighted by Crippen LogP contribution is -2.36. The summed E-state index contributed by atoms with van der Waals surface area (Å²) >= 11 is 0. The van der Waals surface area contributed by atoms with Gasteiger partial charge in [-0.05, 0) is 25.0 Å². The molecule has 1 saturated heterocycles. The van der Waals surface area contributed by atoms with Gasteiger partial charge < -0.3 is 25.8 Å². The van der Waals surface area contributed by atoms with Crippen molar-refractivity contribution >= 4 is 12.2 Å². The van der Waals surface area contributed by atoms with E-state index in [1.54, 1.807) is 0 Å². The molecule has 5 N–H and O–H groups in total. The molecule has 0 saturated carbocycles. The van der Waals surface area contributed by atoms with Crippen LogP contribution in [0.15, 0.2) is 29.5 Å². The van der Waals surface area contributed by atoms with E-state index in [0.29, 0.717) is 18.1 Å². The maximum absolute atomic E-state index is 10.3. The van der Waals surface area contributed by atoms with Gasteiger partial charge in [0, 0.05) is 0 Å². The van der Waals surface area contributed by atoms with Gasteiger partial charge in [-0.2, -0.15) is 0 Å². The number of aliphatic hydroxyl groups excluding tert-OH is 3. The number of aliphatic hydroxyl groups is 3. The Balaban J connectivity index is 1.50. The zero-order valence-electron chi connectivity index (χ0n) is 16.2. The van der Waals surface area contributed by atoms with E-state index in [-0.39, 0.29) is 0 Å². The monoisotopic (exact) mass is 403 g/mol. The van der Waals surface area contributed by atoms with Crippen LogP contribution in [0.2, 0.25) is 0 Å². The molecule has 4 rings (SSSR count). The second-order valence-electron chi connectivity index (χ2n) is 7.34. The molecule has 1 aromatic carbocycles. The Morgan fingerprint density at radius 1 is 1.24 bits per heavy atom. The SMILES string of the molecule is Cc1ccc(CON2C=Nc3c(ncn3[C@@H]3O[C@H](CO)C(O)C3O)C2N)c(C)c1. The number of nitrogens with two attached hydrogens (primary N) is 1. The van der Waals surface area contributed by atoms with Crippen molar-refractivity contribution in [2.75, 3.05) is 6.61 Å². The summed E-state index contributed by atoms with van der Waals surface area (Å²) in [6.07, 6.45) is -2.05. The molecule has 3 heterocycles. The summed E-state index contributed by atoms with van der Waals surface area (Å²) in [5, 5.41) is 30.9. The summed E-state index contributed by atoms with van der Waals surface area (Å²) in [4.78, 5) is 14.5. The van der Waals surface area contributed by atoms with Crippen LogP contribution in [0.25, 0.3) is 0 Å². The molecule has 156 valence electrons. The molecule has 1 aromatic heterocycles. The van der Waals surface area contributed by atoms with E-state index in [0.717, 1.165) is 11.1 Å². The van der Waals surface area contributed by atoms with Gasteiger partial charge in [-0.1, -0.05) is 23.8 Å². The van der Waals surface area contributed by atoms with E-state index in [1.807, 2.05) is 26.0 Å². The standard InChI is InChI=1S/C19H25N5O5/c1-10-3-4-12(11(2)5-10)7-28-24-9-22-18-14(17(24)20)21-8-23(18)19-16(27)15(26)13(6-25)29-19/h3-5,8-9,13,15-17,19,25-27H,6-7,20H2,1-2H3/t13-,15?,16?,17?,19-/m1/s1. The fourth-order valence-corrected chi connectivity index (χ4v) is 3.58. The van der Waals surface area contributed by atoms with Crippen LogP contribution in [-0.2, 0) is 16.2 Å². The van der Waals surface area contributed by atoms with E-state index < -0.39 is 37.3 Å². The van der Waals surface area contributed by atoms with Crippen molar-refractivity contribution < 1.29 is 24.9 Å². The van der Waals surface area contributed by atoms with Crippen molar-refractivity contribution in [3.05, 3.63) is 46.9 Å². The number of aromatic nitrogens is 2. The van der Waals surface area contributed by atoms with E-state index in [9.17, 15) is 15.3 Å². The molecule has 2 aliphatic heterocycles. The van der Waals surface area contributed by atoms with Gasteiger partial charge >= 0.3 is 0 Å². The average molecular weight is 403 g/mol. The number of nitrogens with zero attached hydrogens (tertiary/aromatic N) is 4. The summed E-state index contributed by atoms with van der Waals surface area (Å²) in [6, 6.07) is 6.12. The predicted octanol–water partition coefficient (Wildman–Crippen LogP) is 0.176. The van der Waals surface area contributed by atoms with Crippen molar-refractivity contribution in [1.29, 1.82) is 0 Å². The second-order valence-corrected chi connectivity index (χ2v) is 7.34. The van der Waals surface area contributed by atoms with Gasteiger partial charge in [0.25, 0.3) is 0 Å². The first-order chi connectivity index (χ1) is 13.9. The van der Waals surface area contributed by atoms with Gasteiger partial charge in [0.1, 0.15) is 37.0 Å². The highest BCUT2D eigenvalue weighted by atomic mass is 16.7. The number of fused-ring (bicyclic) bond motifs is 1. The molecule has 2 aromatic rings. The lowest BCUT2D eigenvalue weighted by Gasteiger charge is -2.28. The molecule has 10 heteroatoms. The Labute approximate surface area is 167 Å². The lowest BCUT2D eigenvalue weighted by atomic mass is 10.1. The van der Waals surface area contributed by atoms with Crippen LogP contribution in [0, 0.1) is 13.8 Å². The fraction of sp³-hybridized carbons (Fsp3) is 0.474. The second kappa shape index (κ2) is 7.82. The summed E-state index contributed by atoms with van der Waals surface area (Å²) in [5.41, 5.74) is 10.1. The molecule has 5 atom stereocenters. The van der Waals surface area contributed by atoms with Crippen molar-refractivity contribution in [2.24, 2.45) is 10.7 Å². The highest BCUT2D eigenvalue weighted by Crippen LogP contribution is 2.37. The number of aliphatic imine (C=N–C) groups is 1. The van der Waals surface area contributed by atoms with Crippen LogP contribution in [0.1, 0.15) is 34.8 Å². The third kappa shape index (κ3) is 3.54. The summed E-state index contributed by atoms with van der Waals surface area (Å²) in [5.74, 6) is 0.402. The third-order valence-corrected chi connectivity index (χ3v) is 5.30. The summed E-state index contributed by atoms with van der Waals surface area (Å²) < 4.78 is 7.05. The van der Waals surface area contributed by atoms with Crippen molar-refractivity contribution in [3.8, 4) is 0 Å². The predicted molar refractivity (Wildman–Crippen MR) is 103 cm³/mol. The molecule has 1 fully saturated rings. The Morgan fingerprint density at radius 2 is 2.03 bits per heavy atom. The Bertz CT molecular complexity index is 916. The first-order valence-corrected chi connectivity index (χ1v) is 9.37. The Kier molecular flexibility index (Phi) is 5.38. The van der Waals surface area contributed by atoms with Gasteiger partial charge in [-0.3, -0.25) is 9.40 Å². The number of benzene rings is 1. The molecule has 0 aliphatic carbocycles. The summed E-state index contributed by atoms with van der Waals surface area (Å²) in [6.45, 7) is 3.98. The first-order valence-electron chi connectivity index (χ1n) is 9.37. The van der Waals surface area contributed by atoms with Crippen LogP contribution in [0.5, 0.6) is 0 Å². The fourth-order valence-electron chi connectivity index (χ4n) is 3.58. The molecule has 2 aliphatic rings. The molecular weight excluding hydrogens is 378 g/mol. The number of rotatable bonds is 5. The zero-order chi connectivity index (χ0) is 20.7. The third-order valence-electron chi connectivity index (χ3n) is 5.30. The van der Waals surface area contributed by atoms with E-state index >= 15 is 0 Å². The molecule has 0 amide bonds. The van der Waals surface area contributed by atoms with Crippen LogP contribution in [-0.4, -0.2) is 61.2 Å². The quantitative estimate of drug-likeness (QED) is 0.554. The van der Waals surface area contributed by atoms with E-state index in [2.05, 4.69) is 16.0 Å². The smallest absolute Gasteiger partial charge is 0.165 e. The lowest BCUT2D eigenvalue weighted by molar-refractivity contribution is -0.137. The molecule has 0 spiro atoms. The van der Waals surface area contributed by atoms with Gasteiger partial charge in [0.15, 0.2) is 18.2 Å². The highest BCUT2D eigenvalue weighted by Gasteiger charge is 2.44. The topological polar surface area (TPSA) is 139 Å². The minimum atomic E-state index is -1.23. The van der Waals surface area contributed by atoms with Crippen molar-refractivity contribution in [2.45, 2.75) is 51.2 Å². The van der Waals surface area contributed by atoms with E-state index in [1.165, 1.54) is 27.9 Å². The van der Waals surface area contributed by atoms with Crippen molar-refractivity contribution in [1.82, 2.24) is 14.6 Å². The molecule has 29 heavy (non-hydrogen) atoms. The number of ether oxygens (including phenoxy) is 1. The molecular formula is C19H25N5O5. The van der Waals surface area contributed by atoms with Crippen molar-refractivity contribution in [3.63, 3.8) is 0 Å². The number of aryl methyl sites for hydroxylation is 2. The van der Waals surface area contributed by atoms with Crippen LogP contribution >= 0.6 is 0 Å². The minimum absolute atomic E-state index is 0.330. The molecule has 0 radical (unpaired) electrons. The van der Waals surface area contributed by atoms with Gasteiger partial charge in [-0.25, -0.2) is 15.0 Å². The molecule has 3 unspecified atom stereocenters. The number of hydrogen-bond acceptors (Lipinski definition) is 9.